The van der Waals surface area contributed by atoms with Gasteiger partial charge in [-0.3, -0.25) is 4.79 Å². The van der Waals surface area contributed by atoms with E-state index in [1.54, 1.807) is 36.4 Å². The number of carbonyl (C=O) groups excluding carboxylic acids is 1. The number of hydrogen-bond acceptors (Lipinski definition) is 6. The van der Waals surface area contributed by atoms with E-state index in [2.05, 4.69) is 10.0 Å². The smallest absolute Gasteiger partial charge is 0.262 e. The first-order valence-corrected chi connectivity index (χ1v) is 16.3. The van der Waals surface area contributed by atoms with Crippen LogP contribution in [0.3, 0.4) is 0 Å². The van der Waals surface area contributed by atoms with Gasteiger partial charge in [0.15, 0.2) is 6.61 Å². The molecule has 6 rings (SSSR count). The molecule has 1 atom stereocenters. The summed E-state index contributed by atoms with van der Waals surface area (Å²) in [6.07, 6.45) is 2.49. The fraction of sp³-hybridized carbons (Fsp3) is 0.265. The van der Waals surface area contributed by atoms with Gasteiger partial charge in [0.25, 0.3) is 5.91 Å². The lowest BCUT2D eigenvalue weighted by Crippen LogP contribution is -2.47. The van der Waals surface area contributed by atoms with Crippen molar-refractivity contribution >= 4 is 33.0 Å². The van der Waals surface area contributed by atoms with Crippen LogP contribution >= 0.6 is 0 Å². The van der Waals surface area contributed by atoms with Crippen LogP contribution in [-0.2, 0) is 21.2 Å². The van der Waals surface area contributed by atoms with Gasteiger partial charge in [-0.1, -0.05) is 54.6 Å². The first kappa shape index (κ1) is 29.7. The lowest BCUT2D eigenvalue weighted by atomic mass is 9.88. The number of nitrogens with one attached hydrogen (secondary N) is 2. The normalized spacial score (nSPS) is 16.7. The number of nitrogens with zero attached hydrogens (tertiary/aromatic N) is 2. The Morgan fingerprint density at radius 3 is 2.30 bits per heavy atom. The molecular weight excluding hydrogens is 579 g/mol. The molecule has 0 unspecified atom stereocenters. The molecule has 4 aromatic carbocycles. The summed E-state index contributed by atoms with van der Waals surface area (Å²) >= 11 is 0. The van der Waals surface area contributed by atoms with E-state index in [0.717, 1.165) is 24.0 Å². The number of sulfonamides is 1. The maximum absolute atomic E-state index is 14.5. The number of aryl methyl sites for hydroxylation is 1. The molecule has 2 aliphatic rings. The van der Waals surface area contributed by atoms with E-state index < -0.39 is 15.9 Å². The van der Waals surface area contributed by atoms with E-state index >= 15 is 0 Å². The van der Waals surface area contributed by atoms with Crippen LogP contribution in [-0.4, -0.2) is 47.1 Å². The number of anilines is 3. The van der Waals surface area contributed by atoms with E-state index in [1.807, 2.05) is 58.3 Å². The molecule has 1 fully saturated rings. The number of amides is 1. The third-order valence-electron chi connectivity index (χ3n) is 8.13. The summed E-state index contributed by atoms with van der Waals surface area (Å²) in [5.41, 5.74) is 3.56. The molecule has 8 nitrogen and oxygen atoms in total. The number of fused-ring (bicyclic) bond motifs is 1. The molecule has 0 spiro atoms. The van der Waals surface area contributed by atoms with E-state index in [4.69, 9.17) is 4.74 Å². The van der Waals surface area contributed by atoms with Gasteiger partial charge in [-0.15, -0.1) is 0 Å². The summed E-state index contributed by atoms with van der Waals surface area (Å²) in [6.45, 7) is 1.83. The maximum atomic E-state index is 14.5. The first-order valence-electron chi connectivity index (χ1n) is 14.8. The van der Waals surface area contributed by atoms with Gasteiger partial charge in [0.05, 0.1) is 11.4 Å². The van der Waals surface area contributed by atoms with Gasteiger partial charge in [-0.2, -0.15) is 0 Å². The van der Waals surface area contributed by atoms with Crippen molar-refractivity contribution in [1.82, 2.24) is 4.72 Å². The molecule has 1 aliphatic carbocycles. The van der Waals surface area contributed by atoms with Crippen LogP contribution in [0.25, 0.3) is 0 Å². The van der Waals surface area contributed by atoms with Gasteiger partial charge in [-0.25, -0.2) is 17.5 Å². The standard InChI is InChI=1S/C34H35FN4O4S/c35-29-14-6-7-16-31(29)38-19-21-39(22-20-38)32-18-17-26(36-34(40)24-43-27-11-2-1-3-12-27)23-33(32)44(41,42)37-30-15-8-10-25-9-4-5-13-28(25)30/h1-7,9,11-14,16-18,23,30,37H,8,10,15,19-22,24H2,(H,36,40)/t30-/m1/s1. The monoisotopic (exact) mass is 614 g/mol. The van der Waals surface area contributed by atoms with Gasteiger partial charge in [0.2, 0.25) is 10.0 Å². The van der Waals surface area contributed by atoms with Crippen LogP contribution in [0.2, 0.25) is 0 Å². The highest BCUT2D eigenvalue weighted by molar-refractivity contribution is 7.89. The minimum Gasteiger partial charge on any atom is -0.484 e. The molecular formula is C34H35FN4O4S. The van der Waals surface area contributed by atoms with E-state index in [1.165, 1.54) is 12.1 Å². The number of hydrogen-bond donors (Lipinski definition) is 2. The third kappa shape index (κ3) is 6.71. The zero-order chi connectivity index (χ0) is 30.5. The quantitative estimate of drug-likeness (QED) is 0.258. The number of halogens is 1. The van der Waals surface area contributed by atoms with Crippen molar-refractivity contribution in [1.29, 1.82) is 0 Å². The first-order chi connectivity index (χ1) is 21.4. The largest absolute Gasteiger partial charge is 0.484 e. The molecule has 10 heteroatoms. The van der Waals surface area contributed by atoms with Crippen LogP contribution in [0, 0.1) is 5.82 Å². The Bertz CT molecular complexity index is 1730. The number of carbonyl (C=O) groups is 1. The number of ether oxygens (including phenoxy) is 1. The molecule has 2 N–H and O–H groups in total. The summed E-state index contributed by atoms with van der Waals surface area (Å²) in [7, 11) is -4.02. The van der Waals surface area contributed by atoms with Gasteiger partial charge in [0, 0.05) is 37.9 Å². The second kappa shape index (κ2) is 13.1. The third-order valence-corrected chi connectivity index (χ3v) is 9.63. The molecule has 1 amide bonds. The maximum Gasteiger partial charge on any atom is 0.262 e. The van der Waals surface area contributed by atoms with Crippen molar-refractivity contribution in [3.8, 4) is 5.75 Å². The van der Waals surface area contributed by atoms with Crippen molar-refractivity contribution in [2.75, 3.05) is 47.9 Å². The predicted octanol–water partition coefficient (Wildman–Crippen LogP) is 5.53. The van der Waals surface area contributed by atoms with Crippen LogP contribution in [0.5, 0.6) is 5.75 Å². The highest BCUT2D eigenvalue weighted by Gasteiger charge is 2.30. The summed E-state index contributed by atoms with van der Waals surface area (Å²) in [6, 6.07) is 28.2. The Balaban J connectivity index is 1.25. The van der Waals surface area contributed by atoms with E-state index in [0.29, 0.717) is 55.4 Å². The second-order valence-corrected chi connectivity index (χ2v) is 12.7. The Kier molecular flexibility index (Phi) is 8.81. The lowest BCUT2D eigenvalue weighted by molar-refractivity contribution is -0.118. The minimum absolute atomic E-state index is 0.0849. The summed E-state index contributed by atoms with van der Waals surface area (Å²) in [4.78, 5) is 16.8. The fourth-order valence-corrected chi connectivity index (χ4v) is 7.46. The fourth-order valence-electron chi connectivity index (χ4n) is 5.95. The molecule has 228 valence electrons. The van der Waals surface area contributed by atoms with Crippen molar-refractivity contribution in [2.24, 2.45) is 0 Å². The van der Waals surface area contributed by atoms with Crippen LogP contribution in [0.4, 0.5) is 21.5 Å². The average molecular weight is 615 g/mol. The second-order valence-electron chi connectivity index (χ2n) is 11.0. The topological polar surface area (TPSA) is 91.0 Å². The zero-order valence-corrected chi connectivity index (χ0v) is 25.1. The van der Waals surface area contributed by atoms with Gasteiger partial charge in [-0.05, 0) is 72.9 Å². The number of piperazine rings is 1. The van der Waals surface area contributed by atoms with Crippen molar-refractivity contribution in [2.45, 2.75) is 30.2 Å². The summed E-state index contributed by atoms with van der Waals surface area (Å²) < 4.78 is 51.2. The zero-order valence-electron chi connectivity index (χ0n) is 24.3. The van der Waals surface area contributed by atoms with Gasteiger partial charge >= 0.3 is 0 Å². The average Bonchev–Trinajstić information content (AvgIpc) is 3.05. The van der Waals surface area contributed by atoms with Gasteiger partial charge in [0.1, 0.15) is 16.5 Å². The predicted molar refractivity (Wildman–Crippen MR) is 170 cm³/mol. The summed E-state index contributed by atoms with van der Waals surface area (Å²) in [5, 5.41) is 2.78. The Hall–Kier alpha value is -4.41. The molecule has 1 aliphatic heterocycles. The molecule has 0 aromatic heterocycles. The molecule has 1 saturated heterocycles. The van der Waals surface area contributed by atoms with Crippen LogP contribution in [0.1, 0.15) is 30.0 Å². The SMILES string of the molecule is O=C(COc1ccccc1)Nc1ccc(N2CCN(c3ccccc3F)CC2)c(S(=O)(=O)N[C@@H]2CCCc3ccccc32)c1. The van der Waals surface area contributed by atoms with Crippen molar-refractivity contribution < 1.29 is 22.3 Å². The molecule has 44 heavy (non-hydrogen) atoms. The van der Waals surface area contributed by atoms with E-state index in [-0.39, 0.29) is 23.4 Å². The molecule has 1 heterocycles. The Morgan fingerprint density at radius 1 is 0.841 bits per heavy atom. The highest BCUT2D eigenvalue weighted by atomic mass is 32.2. The Labute approximate surface area is 257 Å². The Morgan fingerprint density at radius 2 is 1.52 bits per heavy atom. The van der Waals surface area contributed by atoms with Gasteiger partial charge < -0.3 is 19.9 Å². The van der Waals surface area contributed by atoms with Crippen molar-refractivity contribution in [3.63, 3.8) is 0 Å². The molecule has 0 bridgehead atoms. The van der Waals surface area contributed by atoms with E-state index in [9.17, 15) is 17.6 Å². The molecule has 0 saturated carbocycles. The number of para-hydroxylation sites is 2. The summed E-state index contributed by atoms with van der Waals surface area (Å²) in [5.74, 6) is -0.122. The molecule has 0 radical (unpaired) electrons. The molecule has 4 aromatic rings. The number of benzene rings is 4. The van der Waals surface area contributed by atoms with Crippen LogP contribution < -0.4 is 24.6 Å². The minimum atomic E-state index is -4.02. The number of rotatable bonds is 9. The highest BCUT2D eigenvalue weighted by Crippen LogP contribution is 2.35. The van der Waals surface area contributed by atoms with Crippen LogP contribution in [0.15, 0.2) is 102 Å². The lowest BCUT2D eigenvalue weighted by Gasteiger charge is -2.38. The van der Waals surface area contributed by atoms with Crippen molar-refractivity contribution in [3.05, 3.63) is 114 Å².